The molecule has 1 fully saturated rings. The van der Waals surface area contributed by atoms with Gasteiger partial charge in [0.05, 0.1) is 35.0 Å². The summed E-state index contributed by atoms with van der Waals surface area (Å²) in [5.41, 5.74) is 1.88. The molecule has 0 unspecified atom stereocenters. The zero-order chi connectivity index (χ0) is 30.0. The first kappa shape index (κ1) is 30.9. The lowest BCUT2D eigenvalue weighted by Crippen LogP contribution is -2.60. The number of phenolic OH excluding ortho intramolecular Hbond substituents is 1. The lowest BCUT2D eigenvalue weighted by atomic mass is 9.66. The van der Waals surface area contributed by atoms with Crippen molar-refractivity contribution in [1.82, 2.24) is 0 Å². The van der Waals surface area contributed by atoms with Gasteiger partial charge in [0, 0.05) is 24.7 Å². The number of rotatable bonds is 10. The topological polar surface area (TPSA) is 197 Å². The first-order valence-electron chi connectivity index (χ1n) is 13.1. The highest BCUT2D eigenvalue weighted by atomic mass is 16.7. The normalized spacial score (nSPS) is 29.4. The number of hydrogen-bond acceptors (Lipinski definition) is 13. The van der Waals surface area contributed by atoms with Crippen molar-refractivity contribution in [3.05, 3.63) is 34.9 Å². The van der Waals surface area contributed by atoms with Gasteiger partial charge in [0.15, 0.2) is 23.0 Å². The van der Waals surface area contributed by atoms with E-state index in [4.69, 9.17) is 28.4 Å². The molecule has 2 aromatic carbocycles. The number of benzene rings is 2. The van der Waals surface area contributed by atoms with Gasteiger partial charge < -0.3 is 64.2 Å². The van der Waals surface area contributed by atoms with Crippen LogP contribution in [0.25, 0.3) is 0 Å². The maximum absolute atomic E-state index is 10.6. The van der Waals surface area contributed by atoms with Crippen LogP contribution in [0.5, 0.6) is 34.5 Å². The third kappa shape index (κ3) is 5.46. The van der Waals surface area contributed by atoms with Crippen LogP contribution < -0.4 is 23.7 Å². The summed E-state index contributed by atoms with van der Waals surface area (Å²) in [6.07, 6.45) is -7.32. The average Bonchev–Trinajstić information content (AvgIpc) is 2.99. The number of hydrogen-bond donors (Lipinski definition) is 7. The van der Waals surface area contributed by atoms with Crippen molar-refractivity contribution in [2.45, 2.75) is 43.0 Å². The Balaban J connectivity index is 1.93. The highest BCUT2D eigenvalue weighted by molar-refractivity contribution is 5.64. The van der Waals surface area contributed by atoms with Crippen molar-refractivity contribution in [2.75, 3.05) is 48.3 Å². The number of fused-ring (bicyclic) bond motifs is 1. The van der Waals surface area contributed by atoms with Gasteiger partial charge in [-0.05, 0) is 47.6 Å². The van der Waals surface area contributed by atoms with Crippen LogP contribution in [0.1, 0.15) is 22.6 Å². The number of ether oxygens (including phenoxy) is 6. The Kier molecular flexibility index (Phi) is 9.70. The second-order valence-electron chi connectivity index (χ2n) is 10.1. The fourth-order valence-electron chi connectivity index (χ4n) is 5.82. The molecule has 13 nitrogen and oxygen atoms in total. The summed E-state index contributed by atoms with van der Waals surface area (Å²) in [5, 5.41) is 72.1. The molecular weight excluding hydrogens is 544 g/mol. The van der Waals surface area contributed by atoms with Crippen LogP contribution in [0, 0.1) is 11.8 Å². The molecule has 8 atom stereocenters. The second kappa shape index (κ2) is 12.9. The van der Waals surface area contributed by atoms with E-state index in [0.717, 1.165) is 5.56 Å². The zero-order valence-corrected chi connectivity index (χ0v) is 23.3. The summed E-state index contributed by atoms with van der Waals surface area (Å²) in [4.78, 5) is 0. The van der Waals surface area contributed by atoms with Crippen molar-refractivity contribution >= 4 is 0 Å². The van der Waals surface area contributed by atoms with Crippen molar-refractivity contribution in [3.8, 4) is 34.5 Å². The van der Waals surface area contributed by atoms with Crippen LogP contribution in [-0.2, 0) is 11.2 Å². The molecular formula is C28H38O13. The molecule has 0 spiro atoms. The molecule has 0 amide bonds. The maximum atomic E-state index is 10.6. The van der Waals surface area contributed by atoms with E-state index in [9.17, 15) is 35.7 Å². The number of methoxy groups -OCH3 is 4. The van der Waals surface area contributed by atoms with Gasteiger partial charge in [-0.25, -0.2) is 0 Å². The second-order valence-corrected chi connectivity index (χ2v) is 10.1. The van der Waals surface area contributed by atoms with Crippen LogP contribution in [0.4, 0.5) is 0 Å². The van der Waals surface area contributed by atoms with Gasteiger partial charge in [-0.3, -0.25) is 0 Å². The molecule has 1 heterocycles. The molecule has 7 N–H and O–H groups in total. The SMILES string of the molecule is COc1cc([C@H]2c3c(cc(OC)c(O[C@@H]4O[C@@H](CO)[C@@H](O)[C@@H](O)[C@H]4O)c3OC)C[C@H](CO)[C@@H]2CO)cc(OC)c1O. The van der Waals surface area contributed by atoms with Gasteiger partial charge in [-0.1, -0.05) is 0 Å². The average molecular weight is 583 g/mol. The van der Waals surface area contributed by atoms with Gasteiger partial charge in [0.2, 0.25) is 17.8 Å². The molecule has 1 aliphatic carbocycles. The van der Waals surface area contributed by atoms with E-state index < -0.39 is 49.1 Å². The first-order chi connectivity index (χ1) is 19.7. The van der Waals surface area contributed by atoms with Gasteiger partial charge in [0.1, 0.15) is 24.4 Å². The Morgan fingerprint density at radius 2 is 1.39 bits per heavy atom. The molecule has 0 radical (unpaired) electrons. The van der Waals surface area contributed by atoms with Crippen molar-refractivity contribution in [3.63, 3.8) is 0 Å². The predicted molar refractivity (Wildman–Crippen MR) is 142 cm³/mol. The van der Waals surface area contributed by atoms with Crippen molar-refractivity contribution in [1.29, 1.82) is 0 Å². The molecule has 2 aliphatic rings. The van der Waals surface area contributed by atoms with Crippen LogP contribution in [0.2, 0.25) is 0 Å². The van der Waals surface area contributed by atoms with E-state index in [1.807, 2.05) is 0 Å². The minimum Gasteiger partial charge on any atom is -0.502 e. The van der Waals surface area contributed by atoms with E-state index in [0.29, 0.717) is 17.5 Å². The Morgan fingerprint density at radius 3 is 1.90 bits per heavy atom. The number of aliphatic hydroxyl groups is 6. The molecule has 2 aromatic rings. The molecule has 0 saturated carbocycles. The third-order valence-corrected chi connectivity index (χ3v) is 7.97. The van der Waals surface area contributed by atoms with Crippen LogP contribution >= 0.6 is 0 Å². The van der Waals surface area contributed by atoms with E-state index in [1.165, 1.54) is 28.4 Å². The lowest BCUT2D eigenvalue weighted by molar-refractivity contribution is -0.277. The minimum absolute atomic E-state index is 0.0000683. The van der Waals surface area contributed by atoms with Crippen molar-refractivity contribution in [2.24, 2.45) is 11.8 Å². The molecule has 1 saturated heterocycles. The fourth-order valence-corrected chi connectivity index (χ4v) is 5.82. The minimum atomic E-state index is -1.69. The van der Waals surface area contributed by atoms with Gasteiger partial charge in [0.25, 0.3) is 0 Å². The Bertz CT molecular complexity index is 1180. The smallest absolute Gasteiger partial charge is 0.229 e. The molecule has 13 heteroatoms. The third-order valence-electron chi connectivity index (χ3n) is 7.97. The zero-order valence-electron chi connectivity index (χ0n) is 23.3. The number of phenols is 1. The molecule has 228 valence electrons. The lowest BCUT2D eigenvalue weighted by Gasteiger charge is -2.41. The number of aromatic hydroxyl groups is 1. The summed E-state index contributed by atoms with van der Waals surface area (Å²) in [7, 11) is 5.59. The molecule has 4 rings (SSSR count). The van der Waals surface area contributed by atoms with Crippen LogP contribution in [-0.4, -0.2) is 115 Å². The summed E-state index contributed by atoms with van der Waals surface area (Å²) in [6, 6.07) is 4.91. The highest BCUT2D eigenvalue weighted by Crippen LogP contribution is 2.55. The monoisotopic (exact) mass is 582 g/mol. The Labute approximate surface area is 237 Å². The number of aliphatic hydroxyl groups excluding tert-OH is 6. The van der Waals surface area contributed by atoms with Crippen molar-refractivity contribution < 1.29 is 64.2 Å². The molecule has 0 aromatic heterocycles. The Morgan fingerprint density at radius 1 is 0.756 bits per heavy atom. The predicted octanol–water partition coefficient (Wildman–Crippen LogP) is -0.490. The Hall–Kier alpha value is -3.04. The maximum Gasteiger partial charge on any atom is 0.229 e. The fraction of sp³-hybridized carbons (Fsp3) is 0.571. The van der Waals surface area contributed by atoms with Gasteiger partial charge >= 0.3 is 0 Å². The van der Waals surface area contributed by atoms with Crippen LogP contribution in [0.3, 0.4) is 0 Å². The summed E-state index contributed by atoms with van der Waals surface area (Å²) >= 11 is 0. The van der Waals surface area contributed by atoms with E-state index in [2.05, 4.69) is 0 Å². The summed E-state index contributed by atoms with van der Waals surface area (Å²) < 4.78 is 33.8. The van der Waals surface area contributed by atoms with Gasteiger partial charge in [-0.15, -0.1) is 0 Å². The molecule has 1 aliphatic heterocycles. The van der Waals surface area contributed by atoms with Gasteiger partial charge in [-0.2, -0.15) is 0 Å². The summed E-state index contributed by atoms with van der Waals surface area (Å²) in [6.45, 7) is -1.17. The largest absolute Gasteiger partial charge is 0.502 e. The molecule has 0 bridgehead atoms. The van der Waals surface area contributed by atoms with E-state index >= 15 is 0 Å². The quantitative estimate of drug-likeness (QED) is 0.190. The van der Waals surface area contributed by atoms with E-state index in [-0.39, 0.29) is 53.6 Å². The summed E-state index contributed by atoms with van der Waals surface area (Å²) in [5.74, 6) is -1.10. The van der Waals surface area contributed by atoms with Crippen LogP contribution in [0.15, 0.2) is 18.2 Å². The highest BCUT2D eigenvalue weighted by Gasteiger charge is 2.46. The molecule has 41 heavy (non-hydrogen) atoms. The standard InChI is InChI=1S/C28H38O13/c1-36-16-6-13(7-17(37-2)22(16)32)20-15(10-30)14(9-29)5-12-8-18(38-3)26(27(39-4)21(12)20)41-28-25(35)24(34)23(33)19(11-31)40-28/h6-8,14-15,19-20,23-25,28-35H,5,9-11H2,1-4H3/t14-,15+,19+,20-,23-,24-,25-,28+/m1/s1. The van der Waals surface area contributed by atoms with E-state index in [1.54, 1.807) is 18.2 Å². The first-order valence-corrected chi connectivity index (χ1v) is 13.1.